The molecular weight excluding hydrogens is 412 g/mol. The van der Waals surface area contributed by atoms with Gasteiger partial charge in [-0.2, -0.15) is 0 Å². The normalized spacial score (nSPS) is 17.0. The Morgan fingerprint density at radius 1 is 1.29 bits per heavy atom. The van der Waals surface area contributed by atoms with Crippen molar-refractivity contribution in [3.63, 3.8) is 0 Å². The van der Waals surface area contributed by atoms with E-state index in [4.69, 9.17) is 11.5 Å². The molecule has 0 spiro atoms. The summed E-state index contributed by atoms with van der Waals surface area (Å²) in [4.78, 5) is 4.57. The van der Waals surface area contributed by atoms with Gasteiger partial charge in [-0.25, -0.2) is 0 Å². The molecule has 2 radical (unpaired) electrons. The van der Waals surface area contributed by atoms with E-state index in [1.54, 1.807) is 0 Å². The summed E-state index contributed by atoms with van der Waals surface area (Å²) < 4.78 is 2.15. The Morgan fingerprint density at radius 2 is 1.95 bits per heavy atom. The molecule has 0 aliphatic heterocycles. The summed E-state index contributed by atoms with van der Waals surface area (Å²) in [6, 6.07) is 8.34. The van der Waals surface area contributed by atoms with Crippen LogP contribution in [0.5, 0.6) is 0 Å². The van der Waals surface area contributed by atoms with Crippen LogP contribution in [-0.2, 0) is 5.54 Å². The largest absolute Gasteiger partial charge is 0.147 e. The predicted octanol–water partition coefficient (Wildman–Crippen LogP) is 3.74. The summed E-state index contributed by atoms with van der Waals surface area (Å²) >= 11 is -0.631. The number of hydrogen-bond donors (Lipinski definition) is 2. The summed E-state index contributed by atoms with van der Waals surface area (Å²) in [5.74, 6) is 0. The maximum atomic E-state index is 6.49. The van der Waals surface area contributed by atoms with Crippen LogP contribution in [0.15, 0.2) is 29.3 Å². The monoisotopic (exact) mass is 437 g/mol. The summed E-state index contributed by atoms with van der Waals surface area (Å²) in [7, 11) is 0. The average Bonchev–Trinajstić information content (AvgIpc) is 2.85. The molecule has 0 amide bonds. The first kappa shape index (κ1) is 21.0. The third kappa shape index (κ3) is 5.97. The molecule has 1 fully saturated rings. The van der Waals surface area contributed by atoms with E-state index in [0.717, 1.165) is 22.4 Å². The summed E-state index contributed by atoms with van der Waals surface area (Å²) in [6.45, 7) is 2.20. The number of benzene rings is 1. The van der Waals surface area contributed by atoms with Crippen LogP contribution < -0.4 is 11.5 Å². The second-order valence-electron chi connectivity index (χ2n) is 5.34. The number of aliphatic imine (C=N–C) groups is 1. The van der Waals surface area contributed by atoms with Crippen molar-refractivity contribution in [1.29, 1.82) is 0 Å². The van der Waals surface area contributed by atoms with Gasteiger partial charge in [-0.3, -0.25) is 0 Å². The molecule has 1 aromatic carbocycles. The number of rotatable bonds is 5. The minimum atomic E-state index is -0.631. The minimum Gasteiger partial charge on any atom is -0.147 e. The van der Waals surface area contributed by atoms with Gasteiger partial charge in [-0.1, -0.05) is 0 Å². The Balaban J connectivity index is 0.00000200. The average molecular weight is 437 g/mol. The van der Waals surface area contributed by atoms with Crippen LogP contribution in [0.25, 0.3) is 0 Å². The maximum absolute atomic E-state index is 6.49. The first-order chi connectivity index (χ1) is 9.14. The van der Waals surface area contributed by atoms with Crippen LogP contribution in [0.3, 0.4) is 0 Å². The van der Waals surface area contributed by atoms with Gasteiger partial charge in [-0.15, -0.1) is 24.8 Å². The molecule has 0 bridgehead atoms. The van der Waals surface area contributed by atoms with Crippen LogP contribution in [0, 0.1) is 0 Å². The molecule has 6 heteroatoms. The molecule has 0 atom stereocenters. The van der Waals surface area contributed by atoms with Gasteiger partial charge < -0.3 is 0 Å². The topological polar surface area (TPSA) is 64.4 Å². The fourth-order valence-corrected chi connectivity index (χ4v) is 4.65. The smallest absolute Gasteiger partial charge is 0.147 e. The van der Waals surface area contributed by atoms with Gasteiger partial charge in [0, 0.05) is 0 Å². The maximum Gasteiger partial charge on any atom is -0.147 e. The van der Waals surface area contributed by atoms with Crippen molar-refractivity contribution in [3.8, 4) is 0 Å². The van der Waals surface area contributed by atoms with Crippen LogP contribution in [0.1, 0.15) is 44.6 Å². The molecule has 2 rings (SSSR count). The SMILES string of the molecule is CC[CH2][Sn][C](N)=Nc1cccc(C2(N)CCCC2)c1.Cl.Cl. The number of amidine groups is 1. The summed E-state index contributed by atoms with van der Waals surface area (Å²) in [5.41, 5.74) is 14.6. The zero-order valence-corrected chi connectivity index (χ0v) is 17.0. The quantitative estimate of drug-likeness (QED) is 0.419. The van der Waals surface area contributed by atoms with Crippen molar-refractivity contribution in [2.45, 2.75) is 49.0 Å². The van der Waals surface area contributed by atoms with Crippen molar-refractivity contribution >= 4 is 55.5 Å². The van der Waals surface area contributed by atoms with Gasteiger partial charge in [-0.05, 0) is 0 Å². The third-order valence-corrected chi connectivity index (χ3v) is 7.22. The Hall–Kier alpha value is 0.0287. The van der Waals surface area contributed by atoms with Crippen molar-refractivity contribution in [3.05, 3.63) is 29.8 Å². The Morgan fingerprint density at radius 3 is 2.57 bits per heavy atom. The minimum absolute atomic E-state index is 0. The van der Waals surface area contributed by atoms with Crippen LogP contribution in [0.4, 0.5) is 5.69 Å². The van der Waals surface area contributed by atoms with Crippen molar-refractivity contribution in [2.75, 3.05) is 0 Å². The van der Waals surface area contributed by atoms with Crippen LogP contribution in [-0.4, -0.2) is 25.0 Å². The van der Waals surface area contributed by atoms with E-state index in [2.05, 4.69) is 30.1 Å². The van der Waals surface area contributed by atoms with E-state index < -0.39 is 21.1 Å². The van der Waals surface area contributed by atoms with Gasteiger partial charge in [0.15, 0.2) is 0 Å². The van der Waals surface area contributed by atoms with Crippen molar-refractivity contribution in [1.82, 2.24) is 0 Å². The van der Waals surface area contributed by atoms with Gasteiger partial charge in [0.2, 0.25) is 0 Å². The van der Waals surface area contributed by atoms with E-state index in [0.29, 0.717) is 0 Å². The number of nitrogens with two attached hydrogens (primary N) is 2. The molecule has 0 unspecified atom stereocenters. The number of hydrogen-bond acceptors (Lipinski definition) is 2. The molecule has 1 aliphatic carbocycles. The zero-order chi connectivity index (χ0) is 13.7. The second-order valence-corrected chi connectivity index (χ2v) is 9.24. The van der Waals surface area contributed by atoms with E-state index >= 15 is 0 Å². The summed E-state index contributed by atoms with van der Waals surface area (Å²) in [5, 5.41) is 0. The van der Waals surface area contributed by atoms with Gasteiger partial charge >= 0.3 is 126 Å². The Labute approximate surface area is 150 Å². The predicted molar refractivity (Wildman–Crippen MR) is 97.4 cm³/mol. The summed E-state index contributed by atoms with van der Waals surface area (Å²) in [6.07, 6.45) is 5.85. The fourth-order valence-electron chi connectivity index (χ4n) is 2.61. The third-order valence-electron chi connectivity index (χ3n) is 3.72. The fraction of sp³-hybridized carbons (Fsp3) is 0.533. The van der Waals surface area contributed by atoms with E-state index in [-0.39, 0.29) is 30.4 Å². The molecule has 0 aromatic heterocycles. The van der Waals surface area contributed by atoms with Gasteiger partial charge in [0.05, 0.1) is 0 Å². The molecule has 1 aromatic rings. The molecule has 1 saturated carbocycles. The molecule has 3 nitrogen and oxygen atoms in total. The standard InChI is InChI=1S/C12H16N3.C3H7.2ClH.Sn/c13-9-15-11-5-3-4-10(8-11)12(14)6-1-2-7-12;1-3-2;;;/h3-5,8H,1-2,6-7,14H2,(H2,13,15);1,3H2,2H3;2*1H;. The number of nitrogens with zero attached hydrogens (tertiary/aromatic N) is 1. The van der Waals surface area contributed by atoms with Crippen molar-refractivity contribution < 1.29 is 0 Å². The first-order valence-electron chi connectivity index (χ1n) is 7.11. The van der Waals surface area contributed by atoms with E-state index in [9.17, 15) is 0 Å². The Bertz CT molecular complexity index is 460. The van der Waals surface area contributed by atoms with E-state index in [1.165, 1.54) is 29.3 Å². The number of halogens is 2. The van der Waals surface area contributed by atoms with Gasteiger partial charge in [0.25, 0.3) is 0 Å². The Kier molecular flexibility index (Phi) is 9.94. The molecule has 21 heavy (non-hydrogen) atoms. The van der Waals surface area contributed by atoms with Crippen molar-refractivity contribution in [2.24, 2.45) is 16.5 Å². The van der Waals surface area contributed by atoms with E-state index in [1.807, 2.05) is 6.07 Å². The van der Waals surface area contributed by atoms with Crippen LogP contribution in [0.2, 0.25) is 4.44 Å². The molecule has 4 N–H and O–H groups in total. The first-order valence-corrected chi connectivity index (χ1v) is 10.6. The zero-order valence-electron chi connectivity index (χ0n) is 12.5. The molecule has 0 heterocycles. The second kappa shape index (κ2) is 9.93. The van der Waals surface area contributed by atoms with Gasteiger partial charge in [0.1, 0.15) is 0 Å². The molecule has 118 valence electrons. The molecular formula is C15H25Cl2N3Sn. The van der Waals surface area contributed by atoms with Crippen LogP contribution >= 0.6 is 24.8 Å². The molecule has 0 saturated heterocycles. The molecule has 1 aliphatic rings.